The first-order chi connectivity index (χ1) is 7.61. The molecule has 90 valence electrons. The van der Waals surface area contributed by atoms with E-state index in [-0.39, 0.29) is 6.04 Å². The van der Waals surface area contributed by atoms with Crippen molar-refractivity contribution in [1.29, 1.82) is 0 Å². The fraction of sp³-hybridized carbons (Fsp3) is 0.667. The van der Waals surface area contributed by atoms with Gasteiger partial charge in [-0.05, 0) is 19.4 Å². The number of piperazine rings is 1. The highest BCUT2D eigenvalue weighted by molar-refractivity contribution is 6.35. The topological polar surface area (TPSA) is 108 Å². The summed E-state index contributed by atoms with van der Waals surface area (Å²) in [6.07, 6.45) is 1.78. The lowest BCUT2D eigenvalue weighted by molar-refractivity contribution is -0.140. The van der Waals surface area contributed by atoms with Gasteiger partial charge in [-0.1, -0.05) is 0 Å². The molecule has 2 saturated heterocycles. The van der Waals surface area contributed by atoms with Crippen LogP contribution in [-0.4, -0.2) is 48.6 Å². The zero-order chi connectivity index (χ0) is 12.0. The Labute approximate surface area is 92.6 Å². The quantitative estimate of drug-likeness (QED) is 0.391. The lowest BCUT2D eigenvalue weighted by Crippen LogP contribution is -2.49. The number of carbonyl (C=O) groups is 3. The molecule has 0 radical (unpaired) electrons. The van der Waals surface area contributed by atoms with Gasteiger partial charge in [-0.25, -0.2) is 0 Å². The highest BCUT2D eigenvalue weighted by Crippen LogP contribution is 2.03. The Kier molecular flexibility index (Phi) is 4.71. The molecule has 1 atom stereocenters. The second-order valence-corrected chi connectivity index (χ2v) is 3.50. The minimum Gasteiger partial charge on any atom is -0.480 e. The van der Waals surface area contributed by atoms with Crippen molar-refractivity contribution < 1.29 is 19.5 Å². The van der Waals surface area contributed by atoms with E-state index < -0.39 is 17.8 Å². The summed E-state index contributed by atoms with van der Waals surface area (Å²) < 4.78 is 0. The lowest BCUT2D eigenvalue weighted by Gasteiger charge is -2.10. The van der Waals surface area contributed by atoms with Crippen LogP contribution in [0.2, 0.25) is 0 Å². The third-order valence-corrected chi connectivity index (χ3v) is 2.26. The molecule has 0 aromatic heterocycles. The fourth-order valence-corrected chi connectivity index (χ4v) is 1.41. The van der Waals surface area contributed by atoms with Crippen LogP contribution in [0.5, 0.6) is 0 Å². The van der Waals surface area contributed by atoms with E-state index in [4.69, 9.17) is 5.11 Å². The molecule has 2 aliphatic rings. The molecule has 2 fully saturated rings. The van der Waals surface area contributed by atoms with Gasteiger partial charge < -0.3 is 21.1 Å². The summed E-state index contributed by atoms with van der Waals surface area (Å²) >= 11 is 0. The van der Waals surface area contributed by atoms with Crippen LogP contribution in [0.15, 0.2) is 0 Å². The molecule has 0 aliphatic carbocycles. The van der Waals surface area contributed by atoms with E-state index in [1.54, 1.807) is 0 Å². The number of nitrogens with one attached hydrogen (secondary N) is 3. The summed E-state index contributed by atoms with van der Waals surface area (Å²) in [6, 6.07) is -0.269. The van der Waals surface area contributed by atoms with Gasteiger partial charge in [-0.2, -0.15) is 0 Å². The number of amides is 2. The first kappa shape index (κ1) is 12.4. The average molecular weight is 229 g/mol. The van der Waals surface area contributed by atoms with Crippen LogP contribution in [0.1, 0.15) is 12.8 Å². The van der Waals surface area contributed by atoms with E-state index in [1.165, 1.54) is 0 Å². The van der Waals surface area contributed by atoms with Crippen molar-refractivity contribution >= 4 is 17.8 Å². The molecule has 0 bridgehead atoms. The molecular weight excluding hydrogens is 214 g/mol. The van der Waals surface area contributed by atoms with Gasteiger partial charge in [0.2, 0.25) is 0 Å². The number of hydrogen-bond donors (Lipinski definition) is 4. The monoisotopic (exact) mass is 229 g/mol. The smallest absolute Gasteiger partial charge is 0.320 e. The van der Waals surface area contributed by atoms with Crippen molar-refractivity contribution in [3.63, 3.8) is 0 Å². The van der Waals surface area contributed by atoms with Crippen molar-refractivity contribution in [2.45, 2.75) is 18.9 Å². The molecule has 7 heteroatoms. The van der Waals surface area contributed by atoms with E-state index in [9.17, 15) is 14.4 Å². The maximum atomic E-state index is 10.3. The average Bonchev–Trinajstić information content (AvgIpc) is 2.77. The fourth-order valence-electron chi connectivity index (χ4n) is 1.41. The molecule has 0 aromatic carbocycles. The van der Waals surface area contributed by atoms with Gasteiger partial charge in [-0.3, -0.25) is 14.4 Å². The summed E-state index contributed by atoms with van der Waals surface area (Å²) in [5.74, 6) is -1.78. The van der Waals surface area contributed by atoms with Gasteiger partial charge in [-0.15, -0.1) is 0 Å². The number of rotatable bonds is 1. The molecule has 16 heavy (non-hydrogen) atoms. The van der Waals surface area contributed by atoms with Gasteiger partial charge in [0.25, 0.3) is 0 Å². The number of aliphatic carboxylic acids is 1. The number of carbonyl (C=O) groups excluding carboxylic acids is 2. The maximum Gasteiger partial charge on any atom is 0.320 e. The molecule has 4 N–H and O–H groups in total. The van der Waals surface area contributed by atoms with Gasteiger partial charge in [0, 0.05) is 13.1 Å². The molecule has 0 aromatic rings. The molecule has 2 rings (SSSR count). The van der Waals surface area contributed by atoms with E-state index in [1.807, 2.05) is 0 Å². The van der Waals surface area contributed by atoms with Gasteiger partial charge in [0.15, 0.2) is 0 Å². The summed E-state index contributed by atoms with van der Waals surface area (Å²) in [6.45, 7) is 1.95. The third kappa shape index (κ3) is 3.85. The van der Waals surface area contributed by atoms with Crippen LogP contribution < -0.4 is 16.0 Å². The minimum absolute atomic E-state index is 0.269. The first-order valence-electron chi connectivity index (χ1n) is 5.13. The normalized spacial score (nSPS) is 23.9. The lowest BCUT2D eigenvalue weighted by atomic mass is 10.2. The highest BCUT2D eigenvalue weighted by atomic mass is 16.4. The summed E-state index contributed by atoms with van der Waals surface area (Å²) in [4.78, 5) is 30.7. The Balaban J connectivity index is 0.000000160. The molecule has 0 saturated carbocycles. The number of carboxylic acid groups (broad SMARTS) is 1. The first-order valence-corrected chi connectivity index (χ1v) is 5.13. The zero-order valence-electron chi connectivity index (χ0n) is 8.78. The van der Waals surface area contributed by atoms with Crippen molar-refractivity contribution in [1.82, 2.24) is 16.0 Å². The molecule has 1 unspecified atom stereocenters. The number of carboxylic acids is 1. The Morgan fingerprint density at radius 2 is 1.69 bits per heavy atom. The Bertz CT molecular complexity index is 270. The van der Waals surface area contributed by atoms with Crippen LogP contribution in [0.3, 0.4) is 0 Å². The maximum absolute atomic E-state index is 10.3. The largest absolute Gasteiger partial charge is 0.480 e. The minimum atomic E-state index is -0.720. The van der Waals surface area contributed by atoms with E-state index in [0.29, 0.717) is 13.1 Å². The van der Waals surface area contributed by atoms with Crippen LogP contribution in [0.25, 0.3) is 0 Å². The van der Waals surface area contributed by atoms with Crippen molar-refractivity contribution in [2.24, 2.45) is 0 Å². The van der Waals surface area contributed by atoms with Crippen LogP contribution >= 0.6 is 0 Å². The summed E-state index contributed by atoms with van der Waals surface area (Å²) in [5, 5.41) is 16.0. The standard InChI is InChI=1S/C5H9NO2.C4H6N2O2/c7-5(8)4-2-1-3-6-4;7-3-4(8)6-2-1-5-3/h4,6H,1-3H2,(H,7,8);1-2H2,(H,5,7)(H,6,8). The second kappa shape index (κ2) is 6.06. The van der Waals surface area contributed by atoms with Crippen molar-refractivity contribution in [3.8, 4) is 0 Å². The van der Waals surface area contributed by atoms with Gasteiger partial charge >= 0.3 is 17.8 Å². The van der Waals surface area contributed by atoms with Gasteiger partial charge in [0.1, 0.15) is 6.04 Å². The molecule has 7 nitrogen and oxygen atoms in total. The third-order valence-electron chi connectivity index (χ3n) is 2.26. The predicted octanol–water partition coefficient (Wildman–Crippen LogP) is -1.94. The molecule has 2 heterocycles. The second-order valence-electron chi connectivity index (χ2n) is 3.50. The molecule has 2 amide bonds. The van der Waals surface area contributed by atoms with Crippen LogP contribution in [0, 0.1) is 0 Å². The zero-order valence-corrected chi connectivity index (χ0v) is 8.78. The Morgan fingerprint density at radius 1 is 1.12 bits per heavy atom. The Morgan fingerprint density at radius 3 is 1.94 bits per heavy atom. The van der Waals surface area contributed by atoms with E-state index >= 15 is 0 Å². The van der Waals surface area contributed by atoms with Gasteiger partial charge in [0.05, 0.1) is 0 Å². The summed E-state index contributed by atoms with van der Waals surface area (Å²) in [5.41, 5.74) is 0. The van der Waals surface area contributed by atoms with E-state index in [2.05, 4.69) is 16.0 Å². The van der Waals surface area contributed by atoms with Crippen molar-refractivity contribution in [2.75, 3.05) is 19.6 Å². The SMILES string of the molecule is O=C(O)C1CCCN1.O=C1NCCNC1=O. The molecular formula is C9H15N3O4. The molecule has 2 aliphatic heterocycles. The predicted molar refractivity (Wildman–Crippen MR) is 54.7 cm³/mol. The van der Waals surface area contributed by atoms with E-state index in [0.717, 1.165) is 19.4 Å². The van der Waals surface area contributed by atoms with Crippen molar-refractivity contribution in [3.05, 3.63) is 0 Å². The van der Waals surface area contributed by atoms with Crippen LogP contribution in [-0.2, 0) is 14.4 Å². The highest BCUT2D eigenvalue weighted by Gasteiger charge is 2.20. The summed E-state index contributed by atoms with van der Waals surface area (Å²) in [7, 11) is 0. The number of hydrogen-bond acceptors (Lipinski definition) is 4. The molecule has 0 spiro atoms. The van der Waals surface area contributed by atoms with Crippen LogP contribution in [0.4, 0.5) is 0 Å². The Hall–Kier alpha value is -1.63.